The Bertz CT molecular complexity index is 701. The van der Waals surface area contributed by atoms with E-state index in [9.17, 15) is 13.2 Å². The van der Waals surface area contributed by atoms with Crippen LogP contribution in [0.4, 0.5) is 4.79 Å². The van der Waals surface area contributed by atoms with Crippen molar-refractivity contribution in [2.24, 2.45) is 16.5 Å². The second-order valence-corrected chi connectivity index (χ2v) is 9.00. The average molecular weight is 353 g/mol. The lowest BCUT2D eigenvalue weighted by atomic mass is 9.70. The fourth-order valence-electron chi connectivity index (χ4n) is 3.48. The zero-order valence-electron chi connectivity index (χ0n) is 14.5. The van der Waals surface area contributed by atoms with E-state index in [4.69, 9.17) is 5.14 Å². The number of benzene rings is 1. The summed E-state index contributed by atoms with van der Waals surface area (Å²) in [5, 5.41) is 10.9. The molecule has 7 heteroatoms. The quantitative estimate of drug-likeness (QED) is 0.774. The molecule has 1 fully saturated rings. The number of carbonyl (C=O) groups is 1. The molecule has 0 saturated heterocycles. The molecule has 2 amide bonds. The molecule has 134 valence electrons. The van der Waals surface area contributed by atoms with Crippen LogP contribution >= 0.6 is 0 Å². The molecule has 2 rings (SSSR count). The number of hydrogen-bond acceptors (Lipinski definition) is 3. The lowest BCUT2D eigenvalue weighted by Crippen LogP contribution is -2.48. The fourth-order valence-corrected chi connectivity index (χ4v) is 4.26. The molecule has 6 nitrogen and oxygen atoms in total. The van der Waals surface area contributed by atoms with Crippen LogP contribution in [0.5, 0.6) is 0 Å². The maximum absolute atomic E-state index is 12.1. The Balaban J connectivity index is 1.93. The van der Waals surface area contributed by atoms with Gasteiger partial charge in [-0.05, 0) is 42.2 Å². The predicted octanol–water partition coefficient (Wildman–Crippen LogP) is 2.35. The molecule has 2 atom stereocenters. The summed E-state index contributed by atoms with van der Waals surface area (Å²) in [7, 11) is -3.80. The summed E-state index contributed by atoms with van der Waals surface area (Å²) in [6.45, 7) is 6.78. The van der Waals surface area contributed by atoms with Crippen molar-refractivity contribution in [3.8, 4) is 0 Å². The number of rotatable bonds is 4. The van der Waals surface area contributed by atoms with Crippen molar-refractivity contribution in [1.82, 2.24) is 10.6 Å². The van der Waals surface area contributed by atoms with Crippen LogP contribution in [0, 0.1) is 11.3 Å². The topological polar surface area (TPSA) is 101 Å². The van der Waals surface area contributed by atoms with Gasteiger partial charge in [0, 0.05) is 12.6 Å². The summed E-state index contributed by atoms with van der Waals surface area (Å²) in [6, 6.07) is 6.27. The predicted molar refractivity (Wildman–Crippen MR) is 93.8 cm³/mol. The Kier molecular flexibility index (Phi) is 5.55. The number of sulfonamides is 1. The van der Waals surface area contributed by atoms with Gasteiger partial charge in [0.05, 0.1) is 4.90 Å². The van der Waals surface area contributed by atoms with E-state index in [1.54, 1.807) is 18.2 Å². The Morgan fingerprint density at radius 3 is 2.62 bits per heavy atom. The molecule has 2 unspecified atom stereocenters. The Morgan fingerprint density at radius 1 is 1.33 bits per heavy atom. The highest BCUT2D eigenvalue weighted by Crippen LogP contribution is 2.38. The Hall–Kier alpha value is -1.60. The van der Waals surface area contributed by atoms with Crippen LogP contribution in [0.15, 0.2) is 29.2 Å². The molecule has 1 saturated carbocycles. The molecule has 0 aromatic heterocycles. The van der Waals surface area contributed by atoms with Crippen LogP contribution in [-0.2, 0) is 16.6 Å². The van der Waals surface area contributed by atoms with Gasteiger partial charge >= 0.3 is 6.03 Å². The molecule has 0 heterocycles. The monoisotopic (exact) mass is 353 g/mol. The molecule has 4 N–H and O–H groups in total. The third-order valence-electron chi connectivity index (χ3n) is 4.73. The number of amides is 2. The van der Waals surface area contributed by atoms with E-state index in [2.05, 4.69) is 31.4 Å². The van der Waals surface area contributed by atoms with Crippen molar-refractivity contribution in [1.29, 1.82) is 0 Å². The molecule has 1 aliphatic carbocycles. The Labute approximate surface area is 144 Å². The lowest BCUT2D eigenvalue weighted by Gasteiger charge is -2.39. The largest absolute Gasteiger partial charge is 0.335 e. The van der Waals surface area contributed by atoms with Crippen LogP contribution in [0.3, 0.4) is 0 Å². The molecule has 1 aromatic carbocycles. The molecule has 24 heavy (non-hydrogen) atoms. The van der Waals surface area contributed by atoms with Gasteiger partial charge in [-0.15, -0.1) is 0 Å². The van der Waals surface area contributed by atoms with Crippen molar-refractivity contribution in [2.75, 3.05) is 0 Å². The zero-order chi connectivity index (χ0) is 18.0. The summed E-state index contributed by atoms with van der Waals surface area (Å²) in [4.78, 5) is 12.2. The fraction of sp³-hybridized carbons (Fsp3) is 0.588. The average Bonchev–Trinajstić information content (AvgIpc) is 2.47. The van der Waals surface area contributed by atoms with Crippen LogP contribution in [0.1, 0.15) is 45.6 Å². The molecule has 1 aromatic rings. The minimum Gasteiger partial charge on any atom is -0.335 e. The minimum absolute atomic E-state index is 0.0399. The first-order valence-electron chi connectivity index (χ1n) is 8.23. The maximum atomic E-state index is 12.1. The van der Waals surface area contributed by atoms with Crippen LogP contribution < -0.4 is 15.8 Å². The van der Waals surface area contributed by atoms with E-state index in [-0.39, 0.29) is 23.5 Å². The van der Waals surface area contributed by atoms with E-state index in [0.717, 1.165) is 19.3 Å². The first kappa shape index (κ1) is 18.7. The highest BCUT2D eigenvalue weighted by Gasteiger charge is 2.33. The third-order valence-corrected chi connectivity index (χ3v) is 5.74. The summed E-state index contributed by atoms with van der Waals surface area (Å²) in [5.41, 5.74) is 0.802. The number of urea groups is 1. The maximum Gasteiger partial charge on any atom is 0.315 e. The van der Waals surface area contributed by atoms with Gasteiger partial charge in [0.1, 0.15) is 0 Å². The molecule has 0 aliphatic heterocycles. The standard InChI is InChI=1S/C17H27N3O3S/c1-12-10-17(2,3)9-8-14(12)20-16(21)19-11-13-6-4-5-7-15(13)24(18,22)23/h4-7,12,14H,8-11H2,1-3H3,(H2,18,22,23)(H2,19,20,21). The van der Waals surface area contributed by atoms with E-state index >= 15 is 0 Å². The van der Waals surface area contributed by atoms with Gasteiger partial charge in [-0.1, -0.05) is 39.0 Å². The number of nitrogens with one attached hydrogen (secondary N) is 2. The van der Waals surface area contributed by atoms with E-state index < -0.39 is 10.0 Å². The summed E-state index contributed by atoms with van der Waals surface area (Å²) in [5.74, 6) is 0.413. The molecule has 0 radical (unpaired) electrons. The van der Waals surface area contributed by atoms with Crippen LogP contribution in [0.2, 0.25) is 0 Å². The van der Waals surface area contributed by atoms with Crippen molar-refractivity contribution in [3.05, 3.63) is 29.8 Å². The van der Waals surface area contributed by atoms with Crippen molar-refractivity contribution in [3.63, 3.8) is 0 Å². The van der Waals surface area contributed by atoms with E-state index in [0.29, 0.717) is 16.9 Å². The molecular formula is C17H27N3O3S. The van der Waals surface area contributed by atoms with Gasteiger partial charge in [-0.3, -0.25) is 0 Å². The second-order valence-electron chi connectivity index (χ2n) is 7.47. The van der Waals surface area contributed by atoms with Gasteiger partial charge in [-0.25, -0.2) is 18.4 Å². The van der Waals surface area contributed by atoms with E-state index in [1.165, 1.54) is 6.07 Å². The van der Waals surface area contributed by atoms with Crippen molar-refractivity contribution >= 4 is 16.1 Å². The number of carbonyl (C=O) groups excluding carboxylic acids is 1. The van der Waals surface area contributed by atoms with Crippen molar-refractivity contribution < 1.29 is 13.2 Å². The lowest BCUT2D eigenvalue weighted by molar-refractivity contribution is 0.149. The number of hydrogen-bond donors (Lipinski definition) is 3. The number of nitrogens with two attached hydrogens (primary N) is 1. The molecular weight excluding hydrogens is 326 g/mol. The van der Waals surface area contributed by atoms with Gasteiger partial charge in [0.25, 0.3) is 0 Å². The van der Waals surface area contributed by atoms with E-state index in [1.807, 2.05) is 0 Å². The normalized spacial score (nSPS) is 23.5. The molecule has 0 bridgehead atoms. The van der Waals surface area contributed by atoms with Gasteiger partial charge in [0.2, 0.25) is 10.0 Å². The first-order valence-corrected chi connectivity index (χ1v) is 9.78. The highest BCUT2D eigenvalue weighted by atomic mass is 32.2. The SMILES string of the molecule is CC1CC(C)(C)CCC1NC(=O)NCc1ccccc1S(N)(=O)=O. The van der Waals surface area contributed by atoms with Gasteiger partial charge in [-0.2, -0.15) is 0 Å². The van der Waals surface area contributed by atoms with Crippen LogP contribution in [-0.4, -0.2) is 20.5 Å². The first-order chi connectivity index (χ1) is 11.1. The smallest absolute Gasteiger partial charge is 0.315 e. The van der Waals surface area contributed by atoms with Crippen molar-refractivity contribution in [2.45, 2.75) is 57.5 Å². The second kappa shape index (κ2) is 7.11. The summed E-state index contributed by atoms with van der Waals surface area (Å²) < 4.78 is 23.1. The summed E-state index contributed by atoms with van der Waals surface area (Å²) >= 11 is 0. The van der Waals surface area contributed by atoms with Gasteiger partial charge < -0.3 is 10.6 Å². The highest BCUT2D eigenvalue weighted by molar-refractivity contribution is 7.89. The molecule has 0 spiro atoms. The summed E-state index contributed by atoms with van der Waals surface area (Å²) in [6.07, 6.45) is 3.11. The number of primary sulfonamides is 1. The van der Waals surface area contributed by atoms with Gasteiger partial charge in [0.15, 0.2) is 0 Å². The Morgan fingerprint density at radius 2 is 2.00 bits per heavy atom. The molecule has 1 aliphatic rings. The third kappa shape index (κ3) is 4.95. The van der Waals surface area contributed by atoms with Crippen LogP contribution in [0.25, 0.3) is 0 Å². The zero-order valence-corrected chi connectivity index (χ0v) is 15.3. The minimum atomic E-state index is -3.80.